The molecule has 0 amide bonds. The van der Waals surface area contributed by atoms with Crippen LogP contribution in [0.15, 0.2) is 91.0 Å². The van der Waals surface area contributed by atoms with Crippen LogP contribution in [0.3, 0.4) is 0 Å². The maximum atomic E-state index is 14.1. The van der Waals surface area contributed by atoms with Crippen molar-refractivity contribution in [3.05, 3.63) is 213 Å². The quantitative estimate of drug-likeness (QED) is 0.0246. The monoisotopic (exact) mass is 1420 g/mol. The molecule has 0 aliphatic carbocycles. The lowest BCUT2D eigenvalue weighted by molar-refractivity contribution is 0.0508. The summed E-state index contributed by atoms with van der Waals surface area (Å²) in [6.45, 7) is -1.71. The molecule has 105 heavy (non-hydrogen) atoms. The van der Waals surface area contributed by atoms with Gasteiger partial charge >= 0.3 is 41.8 Å². The molecule has 0 saturated carbocycles. The topological polar surface area (TPSA) is 298 Å². The van der Waals surface area contributed by atoms with Crippen LogP contribution in [0.5, 0.6) is 28.7 Å². The highest BCUT2D eigenvalue weighted by Crippen LogP contribution is 2.39. The molecule has 7 aromatic rings. The predicted octanol–water partition coefficient (Wildman–Crippen LogP) is 1.90. The minimum Gasteiger partial charge on any atom is -0.748 e. The Kier molecular flexibility index (Phi) is 32.4. The lowest BCUT2D eigenvalue weighted by Crippen LogP contribution is -2.21. The standard InChI is InChI=1S/C39H31B9O11S.C29H24B6O9S/c40-11-20-3-23(14-43)30(17-46)27(6-20)36(49)57-26-9-33(58-37(50)28-7-21(12-41)4-24(15-44)31(28)18-47)35(39(52)56-1-2-60(53,54)55)34(10-26)59-38(51)29-8-22(13-42)5-25(16-45)32(29)19-48;30-10-16-3-19(12-32)25(14-34)23(5-16)28(37)43-21-7-18(27(36)42-1-2-45(39,40)41)8-22(9-21)44-29(38)24-6-17(11-31)4-20(13-33)26(24)15-35/h3-10H,1-2,11-19H2,(H,53,54,55);3-9H,1-2,10-15H2,(H,39,40,41)/p-2. The van der Waals surface area contributed by atoms with E-state index in [0.29, 0.717) is 72.3 Å². The van der Waals surface area contributed by atoms with Gasteiger partial charge in [-0.05, 0) is 70.3 Å². The van der Waals surface area contributed by atoms with Crippen LogP contribution in [-0.4, -0.2) is 210 Å². The normalized spacial score (nSPS) is 11.1. The number of benzene rings is 7. The molecule has 7 rings (SSSR count). The van der Waals surface area contributed by atoms with Crippen molar-refractivity contribution in [2.75, 3.05) is 24.7 Å². The van der Waals surface area contributed by atoms with E-state index in [1.54, 1.807) is 30.3 Å². The van der Waals surface area contributed by atoms with Gasteiger partial charge in [-0.3, -0.25) is 0 Å². The van der Waals surface area contributed by atoms with Crippen LogP contribution in [-0.2, 0) is 125 Å². The van der Waals surface area contributed by atoms with Gasteiger partial charge in [-0.2, -0.15) is 0 Å². The molecule has 0 N–H and O–H groups in total. The largest absolute Gasteiger partial charge is 0.748 e. The van der Waals surface area contributed by atoms with Gasteiger partial charge in [-0.1, -0.05) is 181 Å². The Balaban J connectivity index is 0.000000343. The van der Waals surface area contributed by atoms with Gasteiger partial charge in [0.05, 0.1) is 183 Å². The summed E-state index contributed by atoms with van der Waals surface area (Å²) in [4.78, 5) is 95.5. The summed E-state index contributed by atoms with van der Waals surface area (Å²) in [6, 6.07) is 20.9. The maximum absolute atomic E-state index is 14.1. The Morgan fingerprint density at radius 1 is 0.276 bits per heavy atom. The van der Waals surface area contributed by atoms with E-state index < -0.39 is 110 Å². The number of carbonyl (C=O) groups excluding carboxylic acids is 7. The van der Waals surface area contributed by atoms with Crippen molar-refractivity contribution in [1.29, 1.82) is 0 Å². The van der Waals surface area contributed by atoms with E-state index >= 15 is 0 Å². The second-order valence-electron chi connectivity index (χ2n) is 22.7. The van der Waals surface area contributed by atoms with E-state index in [0.717, 1.165) is 24.3 Å². The van der Waals surface area contributed by atoms with E-state index in [1.807, 2.05) is 0 Å². The average molecular weight is 1420 g/mol. The third kappa shape index (κ3) is 22.8. The lowest BCUT2D eigenvalue weighted by atomic mass is 9.81. The van der Waals surface area contributed by atoms with E-state index in [1.165, 1.54) is 36.4 Å². The van der Waals surface area contributed by atoms with Gasteiger partial charge in [0, 0.05) is 18.2 Å². The first-order valence-corrected chi connectivity index (χ1v) is 35.0. The zero-order valence-corrected chi connectivity index (χ0v) is 58.4. The SMILES string of the molecule is [B]Cc1cc(C[B])c(C[B])c(C(=O)Oc2cc(OC(=O)c3cc(C[B])cc(C[B])c3C[B])c(C(=O)OCCS(=O)(=O)[O-])c(OC(=O)c3cc(C[B])cc(C[B])c3C[B])c2)c1.[B]Cc1cc(C[B])c(C[B])c(C(=O)Oc2cc(OC(=O)c3cc(C[B])cc(C[B])c3C[B])cc(C(=O)OCCS(=O)(=O)[O-])c2)c1. The molecule has 0 aliphatic rings. The van der Waals surface area contributed by atoms with Crippen molar-refractivity contribution in [2.45, 2.75) is 94.8 Å². The summed E-state index contributed by atoms with van der Waals surface area (Å²) in [6.07, 6.45) is -0.375. The molecule has 504 valence electrons. The number of carbonyl (C=O) groups is 7. The number of hydrogen-bond acceptors (Lipinski definition) is 20. The molecule has 0 unspecified atom stereocenters. The number of esters is 7. The molecular formula is C68H53B15O20S2-2. The smallest absolute Gasteiger partial charge is 0.345 e. The van der Waals surface area contributed by atoms with Crippen molar-refractivity contribution >= 4 is 180 Å². The van der Waals surface area contributed by atoms with Gasteiger partial charge in [-0.15, -0.1) is 0 Å². The molecule has 0 aromatic heterocycles. The van der Waals surface area contributed by atoms with Crippen molar-refractivity contribution in [3.8, 4) is 28.7 Å². The van der Waals surface area contributed by atoms with Gasteiger partial charge in [0.25, 0.3) is 0 Å². The summed E-state index contributed by atoms with van der Waals surface area (Å²) in [5, 5.41) is 0. The van der Waals surface area contributed by atoms with Crippen LogP contribution < -0.4 is 23.7 Å². The van der Waals surface area contributed by atoms with E-state index in [4.69, 9.17) is 151 Å². The average Bonchev–Trinajstić information content (AvgIpc) is 0.788. The molecule has 0 bridgehead atoms. The molecule has 30 radical (unpaired) electrons. The third-order valence-electron chi connectivity index (χ3n) is 15.9. The number of ether oxygens (including phenoxy) is 7. The fourth-order valence-corrected chi connectivity index (χ4v) is 11.4. The Labute approximate surface area is 630 Å². The summed E-state index contributed by atoms with van der Waals surface area (Å²) in [7, 11) is 78.9. The summed E-state index contributed by atoms with van der Waals surface area (Å²) in [5.74, 6) is -12.0. The third-order valence-corrected chi connectivity index (χ3v) is 17.3. The van der Waals surface area contributed by atoms with E-state index in [9.17, 15) is 59.5 Å². The maximum Gasteiger partial charge on any atom is 0.345 e. The molecule has 0 spiro atoms. The number of hydrogen-bond donors (Lipinski definition) is 0. The van der Waals surface area contributed by atoms with Gasteiger partial charge in [0.1, 0.15) is 36.0 Å². The highest BCUT2D eigenvalue weighted by atomic mass is 32.2. The van der Waals surface area contributed by atoms with Crippen LogP contribution in [0.4, 0.5) is 0 Å². The first-order chi connectivity index (χ1) is 50.0. The van der Waals surface area contributed by atoms with E-state index in [2.05, 4.69) is 0 Å². The second-order valence-corrected chi connectivity index (χ2v) is 25.7. The van der Waals surface area contributed by atoms with Gasteiger partial charge in [0.15, 0.2) is 11.5 Å². The highest BCUT2D eigenvalue weighted by molar-refractivity contribution is 7.85. The zero-order chi connectivity index (χ0) is 77.6. The molecule has 37 heteroatoms. The van der Waals surface area contributed by atoms with Gasteiger partial charge in [-0.25, -0.2) is 50.4 Å². The Morgan fingerprint density at radius 2 is 0.514 bits per heavy atom. The minimum absolute atomic E-state index is 0.00463. The minimum atomic E-state index is -4.88. The summed E-state index contributed by atoms with van der Waals surface area (Å²) < 4.78 is 106. The lowest BCUT2D eigenvalue weighted by Gasteiger charge is -2.20. The van der Waals surface area contributed by atoms with Gasteiger partial charge in [0.2, 0.25) is 0 Å². The molecule has 20 nitrogen and oxygen atoms in total. The Bertz CT molecular complexity index is 4460. The fraction of sp³-hybridized carbons (Fsp3) is 0.279. The Hall–Kier alpha value is -8.38. The Morgan fingerprint density at radius 3 is 0.743 bits per heavy atom. The fourth-order valence-electron chi connectivity index (χ4n) is 10.8. The van der Waals surface area contributed by atoms with E-state index in [-0.39, 0.29) is 151 Å². The molecule has 0 aliphatic heterocycles. The highest BCUT2D eigenvalue weighted by Gasteiger charge is 2.31. The van der Waals surface area contributed by atoms with Crippen LogP contribution in [0, 0.1) is 0 Å². The van der Waals surface area contributed by atoms with Crippen molar-refractivity contribution in [2.24, 2.45) is 0 Å². The molecular weight excluding hydrogens is 1360 g/mol. The van der Waals surface area contributed by atoms with Crippen molar-refractivity contribution in [1.82, 2.24) is 0 Å². The second kappa shape index (κ2) is 39.8. The van der Waals surface area contributed by atoms with Crippen LogP contribution in [0.1, 0.15) is 156 Å². The molecule has 7 aromatic carbocycles. The number of rotatable bonds is 33. The van der Waals surface area contributed by atoms with Gasteiger partial charge < -0.3 is 42.3 Å². The van der Waals surface area contributed by atoms with Crippen LogP contribution in [0.25, 0.3) is 0 Å². The van der Waals surface area contributed by atoms with Crippen molar-refractivity contribution in [3.63, 3.8) is 0 Å². The molecule has 0 atom stereocenters. The molecule has 0 heterocycles. The molecule has 0 saturated heterocycles. The first-order valence-electron chi connectivity index (χ1n) is 31.9. The predicted molar refractivity (Wildman–Crippen MR) is 401 cm³/mol. The first kappa shape index (κ1) is 85.6. The zero-order valence-electron chi connectivity index (χ0n) is 56.7. The molecule has 0 fully saturated rings. The van der Waals surface area contributed by atoms with Crippen LogP contribution in [0.2, 0.25) is 0 Å². The summed E-state index contributed by atoms with van der Waals surface area (Å²) >= 11 is 0. The summed E-state index contributed by atoms with van der Waals surface area (Å²) in [5.41, 5.74) is 5.79. The van der Waals surface area contributed by atoms with Crippen LogP contribution >= 0.6 is 0 Å². The van der Waals surface area contributed by atoms with Crippen molar-refractivity contribution < 1.29 is 92.7 Å².